The average Bonchev–Trinajstić information content (AvgIpc) is 2.51. The minimum atomic E-state index is -0.222. The molecule has 0 saturated heterocycles. The highest BCUT2D eigenvalue weighted by Gasteiger charge is 2.41. The van der Waals surface area contributed by atoms with Crippen LogP contribution >= 0.6 is 11.3 Å². The zero-order valence-corrected chi connectivity index (χ0v) is 10.1. The summed E-state index contributed by atoms with van der Waals surface area (Å²) in [4.78, 5) is 4.61. The van der Waals surface area contributed by atoms with Gasteiger partial charge in [-0.1, -0.05) is 13.8 Å². The Kier molecular flexibility index (Phi) is 2.79. The minimum absolute atomic E-state index is 0.222. The topological polar surface area (TPSA) is 36.7 Å². The van der Waals surface area contributed by atoms with Crippen LogP contribution in [0.1, 0.15) is 43.8 Å². The number of nitriles is 1. The van der Waals surface area contributed by atoms with Crippen molar-refractivity contribution in [2.45, 2.75) is 44.9 Å². The molecule has 0 aromatic carbocycles. The van der Waals surface area contributed by atoms with E-state index in [2.05, 4.69) is 30.3 Å². The maximum Gasteiger partial charge on any atom is 0.113 e. The summed E-state index contributed by atoms with van der Waals surface area (Å²) >= 11 is 1.67. The van der Waals surface area contributed by atoms with Crippen LogP contribution in [0.4, 0.5) is 0 Å². The van der Waals surface area contributed by atoms with Crippen molar-refractivity contribution in [1.82, 2.24) is 4.98 Å². The third-order valence-electron chi connectivity index (χ3n) is 3.00. The maximum absolute atomic E-state index is 9.20. The fourth-order valence-corrected chi connectivity index (χ4v) is 2.98. The molecule has 1 saturated carbocycles. The molecule has 15 heavy (non-hydrogen) atoms. The summed E-state index contributed by atoms with van der Waals surface area (Å²) in [7, 11) is 0. The quantitative estimate of drug-likeness (QED) is 0.783. The van der Waals surface area contributed by atoms with Crippen LogP contribution in [0.3, 0.4) is 0 Å². The summed E-state index contributed by atoms with van der Waals surface area (Å²) in [6, 6.07) is 2.45. The summed E-state index contributed by atoms with van der Waals surface area (Å²) in [5.41, 5.74) is 0.936. The first-order valence-corrected chi connectivity index (χ1v) is 6.40. The van der Waals surface area contributed by atoms with Crippen LogP contribution in [0.15, 0.2) is 5.38 Å². The Labute approximate surface area is 95.0 Å². The van der Waals surface area contributed by atoms with E-state index in [4.69, 9.17) is 0 Å². The number of thiazole rings is 1. The molecule has 0 N–H and O–H groups in total. The van der Waals surface area contributed by atoms with E-state index in [9.17, 15) is 5.26 Å². The number of nitrogens with zero attached hydrogens (tertiary/aromatic N) is 2. The Balaban J connectivity index is 2.17. The minimum Gasteiger partial charge on any atom is -0.245 e. The van der Waals surface area contributed by atoms with Gasteiger partial charge in [0.1, 0.15) is 10.4 Å². The smallest absolute Gasteiger partial charge is 0.113 e. The van der Waals surface area contributed by atoms with Crippen molar-refractivity contribution in [3.63, 3.8) is 0 Å². The summed E-state index contributed by atoms with van der Waals surface area (Å²) in [5, 5.41) is 12.4. The predicted molar refractivity (Wildman–Crippen MR) is 61.8 cm³/mol. The highest BCUT2D eigenvalue weighted by Crippen LogP contribution is 2.44. The van der Waals surface area contributed by atoms with Crippen molar-refractivity contribution in [2.75, 3.05) is 0 Å². The summed E-state index contributed by atoms with van der Waals surface area (Å²) < 4.78 is 0. The number of hydrogen-bond acceptors (Lipinski definition) is 3. The van der Waals surface area contributed by atoms with E-state index in [0.29, 0.717) is 5.92 Å². The van der Waals surface area contributed by atoms with Crippen LogP contribution in [-0.4, -0.2) is 4.98 Å². The normalized spacial score (nSPS) is 18.5. The van der Waals surface area contributed by atoms with E-state index in [-0.39, 0.29) is 5.41 Å². The molecular weight excluding hydrogens is 204 g/mol. The molecule has 80 valence electrons. The third-order valence-corrected chi connectivity index (χ3v) is 4.09. The van der Waals surface area contributed by atoms with Crippen LogP contribution in [0.2, 0.25) is 0 Å². The lowest BCUT2D eigenvalue weighted by Gasteiger charge is -2.32. The Morgan fingerprint density at radius 3 is 2.80 bits per heavy atom. The molecule has 0 amide bonds. The molecule has 0 atom stereocenters. The van der Waals surface area contributed by atoms with Gasteiger partial charge in [-0.25, -0.2) is 4.98 Å². The molecule has 2 rings (SSSR count). The zero-order valence-electron chi connectivity index (χ0n) is 9.29. The number of aromatic nitrogens is 1. The van der Waals surface area contributed by atoms with E-state index in [1.807, 2.05) is 0 Å². The fraction of sp³-hybridized carbons (Fsp3) is 0.667. The highest BCUT2D eigenvalue weighted by atomic mass is 32.1. The van der Waals surface area contributed by atoms with Gasteiger partial charge in [0.2, 0.25) is 0 Å². The van der Waals surface area contributed by atoms with Gasteiger partial charge in [-0.3, -0.25) is 0 Å². The van der Waals surface area contributed by atoms with Crippen molar-refractivity contribution < 1.29 is 0 Å². The molecule has 1 aliphatic rings. The standard InChI is InChI=1S/C12H16N2S/c1-9(2)6-10-7-15-11(14-10)12(8-13)4-3-5-12/h7,9H,3-6H2,1-2H3. The lowest BCUT2D eigenvalue weighted by molar-refractivity contribution is 0.322. The Hall–Kier alpha value is -0.880. The fourth-order valence-electron chi connectivity index (χ4n) is 1.94. The van der Waals surface area contributed by atoms with Crippen LogP contribution < -0.4 is 0 Å². The molecular formula is C12H16N2S. The first kappa shape index (κ1) is 10.6. The van der Waals surface area contributed by atoms with Gasteiger partial charge in [-0.2, -0.15) is 5.26 Å². The van der Waals surface area contributed by atoms with Crippen LogP contribution in [-0.2, 0) is 11.8 Å². The van der Waals surface area contributed by atoms with E-state index in [0.717, 1.165) is 30.0 Å². The van der Waals surface area contributed by atoms with Crippen molar-refractivity contribution in [2.24, 2.45) is 5.92 Å². The van der Waals surface area contributed by atoms with Gasteiger partial charge in [0, 0.05) is 5.38 Å². The first-order valence-electron chi connectivity index (χ1n) is 5.52. The number of rotatable bonds is 3. The van der Waals surface area contributed by atoms with Gasteiger partial charge in [-0.05, 0) is 31.6 Å². The molecule has 1 aliphatic carbocycles. The second-order valence-corrected chi connectivity index (χ2v) is 5.65. The maximum atomic E-state index is 9.20. The molecule has 3 heteroatoms. The molecule has 0 bridgehead atoms. The van der Waals surface area contributed by atoms with Gasteiger partial charge < -0.3 is 0 Å². The third kappa shape index (κ3) is 1.91. The van der Waals surface area contributed by atoms with Crippen LogP contribution in [0.5, 0.6) is 0 Å². The molecule has 0 spiro atoms. The molecule has 2 nitrogen and oxygen atoms in total. The van der Waals surface area contributed by atoms with Gasteiger partial charge in [0.15, 0.2) is 0 Å². The summed E-state index contributed by atoms with van der Waals surface area (Å²) in [5.74, 6) is 0.638. The second kappa shape index (κ2) is 3.94. The molecule has 1 heterocycles. The average molecular weight is 220 g/mol. The van der Waals surface area contributed by atoms with Crippen LogP contribution in [0, 0.1) is 17.2 Å². The summed E-state index contributed by atoms with van der Waals surface area (Å²) in [6.45, 7) is 4.39. The molecule has 0 radical (unpaired) electrons. The van der Waals surface area contributed by atoms with Gasteiger partial charge in [0.25, 0.3) is 0 Å². The SMILES string of the molecule is CC(C)Cc1csc(C2(C#N)CCC2)n1. The van der Waals surface area contributed by atoms with Crippen LogP contribution in [0.25, 0.3) is 0 Å². The predicted octanol–water partition coefficient (Wildman–Crippen LogP) is 3.29. The van der Waals surface area contributed by atoms with Crippen molar-refractivity contribution in [1.29, 1.82) is 5.26 Å². The van der Waals surface area contributed by atoms with Crippen molar-refractivity contribution >= 4 is 11.3 Å². The van der Waals surface area contributed by atoms with E-state index in [1.165, 1.54) is 6.42 Å². The molecule has 0 unspecified atom stereocenters. The Morgan fingerprint density at radius 2 is 2.33 bits per heavy atom. The largest absolute Gasteiger partial charge is 0.245 e. The van der Waals surface area contributed by atoms with E-state index >= 15 is 0 Å². The van der Waals surface area contributed by atoms with Crippen molar-refractivity contribution in [3.8, 4) is 6.07 Å². The monoisotopic (exact) mass is 220 g/mol. The molecule has 1 fully saturated rings. The lowest BCUT2D eigenvalue weighted by atomic mass is 9.70. The number of hydrogen-bond donors (Lipinski definition) is 0. The molecule has 0 aliphatic heterocycles. The van der Waals surface area contributed by atoms with Crippen molar-refractivity contribution in [3.05, 3.63) is 16.1 Å². The summed E-state index contributed by atoms with van der Waals surface area (Å²) in [6.07, 6.45) is 4.20. The van der Waals surface area contributed by atoms with E-state index in [1.54, 1.807) is 11.3 Å². The highest BCUT2D eigenvalue weighted by molar-refractivity contribution is 7.09. The van der Waals surface area contributed by atoms with Gasteiger partial charge >= 0.3 is 0 Å². The second-order valence-electron chi connectivity index (χ2n) is 4.79. The molecule has 1 aromatic rings. The molecule has 1 aromatic heterocycles. The Morgan fingerprint density at radius 1 is 1.60 bits per heavy atom. The lowest BCUT2D eigenvalue weighted by Crippen LogP contribution is -2.32. The van der Waals surface area contributed by atoms with Gasteiger partial charge in [0.05, 0.1) is 11.8 Å². The first-order chi connectivity index (χ1) is 7.16. The van der Waals surface area contributed by atoms with Gasteiger partial charge in [-0.15, -0.1) is 11.3 Å². The van der Waals surface area contributed by atoms with E-state index < -0.39 is 0 Å². The zero-order chi connectivity index (χ0) is 10.9. The Bertz CT molecular complexity index is 383.